The van der Waals surface area contributed by atoms with Crippen LogP contribution in [0.4, 0.5) is 0 Å². The number of carbonyl (C=O) groups is 2. The van der Waals surface area contributed by atoms with Crippen molar-refractivity contribution in [3.05, 3.63) is 17.8 Å². The fourth-order valence-electron chi connectivity index (χ4n) is 1.47. The number of nitrogens with zero attached hydrogens (tertiary/aromatic N) is 2. The van der Waals surface area contributed by atoms with Gasteiger partial charge in [-0.2, -0.15) is 0 Å². The predicted octanol–water partition coefficient (Wildman–Crippen LogP) is 1.45. The quantitative estimate of drug-likeness (QED) is 0.873. The van der Waals surface area contributed by atoms with Gasteiger partial charge in [0.2, 0.25) is 5.91 Å². The maximum Gasteiger partial charge on any atom is 0.323 e. The van der Waals surface area contributed by atoms with E-state index < -0.39 is 5.97 Å². The number of aliphatic carboxylic acids is 1. The summed E-state index contributed by atoms with van der Waals surface area (Å²) in [6.45, 7) is 5.76. The number of oxazole rings is 1. The van der Waals surface area contributed by atoms with Crippen LogP contribution in [0.5, 0.6) is 0 Å². The van der Waals surface area contributed by atoms with E-state index >= 15 is 0 Å². The molecular formula is C13H20N2O4. The molecule has 0 radical (unpaired) electrons. The van der Waals surface area contributed by atoms with Crippen LogP contribution in [0.15, 0.2) is 10.6 Å². The number of aryl methyl sites for hydroxylation is 1. The molecule has 0 atom stereocenters. The van der Waals surface area contributed by atoms with Crippen LogP contribution in [0.2, 0.25) is 0 Å². The summed E-state index contributed by atoms with van der Waals surface area (Å²) in [5, 5.41) is 8.59. The first kappa shape index (κ1) is 15.2. The molecule has 0 unspecified atom stereocenters. The first-order valence-corrected chi connectivity index (χ1v) is 6.11. The Kier molecular flexibility index (Phi) is 4.69. The zero-order valence-electron chi connectivity index (χ0n) is 11.8. The Morgan fingerprint density at radius 2 is 2.05 bits per heavy atom. The Morgan fingerprint density at radius 3 is 2.53 bits per heavy atom. The normalized spacial score (nSPS) is 11.4. The molecule has 0 bridgehead atoms. The van der Waals surface area contributed by atoms with Gasteiger partial charge in [0.15, 0.2) is 5.89 Å². The molecule has 0 saturated carbocycles. The van der Waals surface area contributed by atoms with Crippen LogP contribution in [0.25, 0.3) is 0 Å². The molecule has 6 nitrogen and oxygen atoms in total. The molecule has 0 aliphatic rings. The molecule has 106 valence electrons. The van der Waals surface area contributed by atoms with Gasteiger partial charge in [0.1, 0.15) is 12.3 Å². The number of rotatable bonds is 5. The van der Waals surface area contributed by atoms with E-state index in [1.54, 1.807) is 6.20 Å². The van der Waals surface area contributed by atoms with Crippen LogP contribution >= 0.6 is 0 Å². The van der Waals surface area contributed by atoms with Gasteiger partial charge in [-0.25, -0.2) is 4.98 Å². The van der Waals surface area contributed by atoms with Crippen LogP contribution in [0.3, 0.4) is 0 Å². The van der Waals surface area contributed by atoms with Crippen molar-refractivity contribution in [2.75, 3.05) is 13.6 Å². The van der Waals surface area contributed by atoms with Crippen LogP contribution < -0.4 is 0 Å². The van der Waals surface area contributed by atoms with Crippen molar-refractivity contribution in [3.8, 4) is 0 Å². The van der Waals surface area contributed by atoms with E-state index in [-0.39, 0.29) is 24.3 Å². The van der Waals surface area contributed by atoms with Crippen molar-refractivity contribution in [2.24, 2.45) is 0 Å². The van der Waals surface area contributed by atoms with E-state index in [1.165, 1.54) is 11.9 Å². The summed E-state index contributed by atoms with van der Waals surface area (Å²) >= 11 is 0. The maximum absolute atomic E-state index is 11.6. The molecule has 1 aromatic heterocycles. The zero-order valence-corrected chi connectivity index (χ0v) is 11.8. The lowest BCUT2D eigenvalue weighted by Gasteiger charge is -2.14. The SMILES string of the molecule is CN(CC(=O)O)C(=O)CCc1ncc(C(C)(C)C)o1. The van der Waals surface area contributed by atoms with Crippen LogP contribution in [-0.4, -0.2) is 40.5 Å². The minimum atomic E-state index is -1.03. The van der Waals surface area contributed by atoms with Gasteiger partial charge in [0, 0.05) is 25.3 Å². The molecule has 1 N–H and O–H groups in total. The van der Waals surface area contributed by atoms with E-state index in [0.717, 1.165) is 5.76 Å². The van der Waals surface area contributed by atoms with E-state index in [0.29, 0.717) is 12.3 Å². The lowest BCUT2D eigenvalue weighted by atomic mass is 9.94. The zero-order chi connectivity index (χ0) is 14.6. The second kappa shape index (κ2) is 5.86. The monoisotopic (exact) mass is 268 g/mol. The smallest absolute Gasteiger partial charge is 0.323 e. The highest BCUT2D eigenvalue weighted by Crippen LogP contribution is 2.23. The third-order valence-corrected chi connectivity index (χ3v) is 2.64. The molecule has 0 aliphatic heterocycles. The number of aromatic nitrogens is 1. The first-order valence-electron chi connectivity index (χ1n) is 6.11. The van der Waals surface area contributed by atoms with Crippen LogP contribution in [-0.2, 0) is 21.4 Å². The average molecular weight is 268 g/mol. The van der Waals surface area contributed by atoms with Crippen molar-refractivity contribution < 1.29 is 19.1 Å². The lowest BCUT2D eigenvalue weighted by Crippen LogP contribution is -2.32. The highest BCUT2D eigenvalue weighted by Gasteiger charge is 2.20. The standard InChI is InChI=1S/C13H20N2O4/c1-13(2,3)9-7-14-10(19-9)5-6-11(16)15(4)8-12(17)18/h7H,5-6,8H2,1-4H3,(H,17,18). The van der Waals surface area contributed by atoms with Crippen molar-refractivity contribution in [3.63, 3.8) is 0 Å². The molecule has 0 fully saturated rings. The Bertz CT molecular complexity index is 459. The van der Waals surface area contributed by atoms with Crippen LogP contribution in [0.1, 0.15) is 38.8 Å². The molecular weight excluding hydrogens is 248 g/mol. The average Bonchev–Trinajstić information content (AvgIpc) is 2.72. The third-order valence-electron chi connectivity index (χ3n) is 2.64. The molecule has 1 amide bonds. The molecule has 19 heavy (non-hydrogen) atoms. The fourth-order valence-corrected chi connectivity index (χ4v) is 1.47. The second-order valence-corrected chi connectivity index (χ2v) is 5.51. The van der Waals surface area contributed by atoms with Gasteiger partial charge in [-0.05, 0) is 0 Å². The number of carboxylic acid groups (broad SMARTS) is 1. The van der Waals surface area contributed by atoms with E-state index in [1.807, 2.05) is 20.8 Å². The number of likely N-dealkylation sites (N-methyl/N-ethyl adjacent to an activating group) is 1. The predicted molar refractivity (Wildman–Crippen MR) is 68.8 cm³/mol. The van der Waals surface area contributed by atoms with Gasteiger partial charge in [0.25, 0.3) is 0 Å². The van der Waals surface area contributed by atoms with Gasteiger partial charge in [-0.1, -0.05) is 20.8 Å². The Labute approximate surface area is 112 Å². The minimum absolute atomic E-state index is 0.116. The second-order valence-electron chi connectivity index (χ2n) is 5.51. The molecule has 6 heteroatoms. The van der Waals surface area contributed by atoms with Crippen molar-refractivity contribution in [1.29, 1.82) is 0 Å². The molecule has 0 aliphatic carbocycles. The summed E-state index contributed by atoms with van der Waals surface area (Å²) in [7, 11) is 1.46. The first-order chi connectivity index (χ1) is 8.70. The summed E-state index contributed by atoms with van der Waals surface area (Å²) in [6, 6.07) is 0. The molecule has 0 aromatic carbocycles. The minimum Gasteiger partial charge on any atom is -0.480 e. The Morgan fingerprint density at radius 1 is 1.42 bits per heavy atom. The van der Waals surface area contributed by atoms with E-state index in [9.17, 15) is 9.59 Å². The molecule has 0 saturated heterocycles. The Hall–Kier alpha value is -1.85. The summed E-state index contributed by atoms with van der Waals surface area (Å²) in [6.07, 6.45) is 2.23. The number of carbonyl (C=O) groups excluding carboxylic acids is 1. The van der Waals surface area contributed by atoms with E-state index in [2.05, 4.69) is 4.98 Å². The number of amides is 1. The van der Waals surface area contributed by atoms with Crippen molar-refractivity contribution in [1.82, 2.24) is 9.88 Å². The number of carboxylic acids is 1. The van der Waals surface area contributed by atoms with Gasteiger partial charge in [-0.15, -0.1) is 0 Å². The summed E-state index contributed by atoms with van der Waals surface area (Å²) in [4.78, 5) is 27.4. The highest BCUT2D eigenvalue weighted by atomic mass is 16.4. The maximum atomic E-state index is 11.6. The largest absolute Gasteiger partial charge is 0.480 e. The summed E-state index contributed by atoms with van der Waals surface area (Å²) in [5.41, 5.74) is -0.116. The number of hydrogen-bond donors (Lipinski definition) is 1. The molecule has 1 aromatic rings. The molecule has 0 spiro atoms. The lowest BCUT2D eigenvalue weighted by molar-refractivity contribution is -0.143. The highest BCUT2D eigenvalue weighted by molar-refractivity contribution is 5.81. The molecule has 1 heterocycles. The molecule has 1 rings (SSSR count). The van der Waals surface area contributed by atoms with Crippen molar-refractivity contribution in [2.45, 2.75) is 39.0 Å². The number of hydrogen-bond acceptors (Lipinski definition) is 4. The Balaban J connectivity index is 2.51. The van der Waals surface area contributed by atoms with Crippen LogP contribution in [0, 0.1) is 0 Å². The van der Waals surface area contributed by atoms with Gasteiger partial charge < -0.3 is 14.4 Å². The summed E-state index contributed by atoms with van der Waals surface area (Å²) in [5.74, 6) is 0.00995. The summed E-state index contributed by atoms with van der Waals surface area (Å²) < 4.78 is 5.56. The third kappa shape index (κ3) is 4.73. The van der Waals surface area contributed by atoms with Gasteiger partial charge >= 0.3 is 5.97 Å². The van der Waals surface area contributed by atoms with E-state index in [4.69, 9.17) is 9.52 Å². The fraction of sp³-hybridized carbons (Fsp3) is 0.615. The van der Waals surface area contributed by atoms with Gasteiger partial charge in [0.05, 0.1) is 6.20 Å². The van der Waals surface area contributed by atoms with Gasteiger partial charge in [-0.3, -0.25) is 9.59 Å². The van der Waals surface area contributed by atoms with Crippen molar-refractivity contribution >= 4 is 11.9 Å². The topological polar surface area (TPSA) is 83.6 Å².